The minimum absolute atomic E-state index is 0.299. The molecule has 0 unspecified atom stereocenters. The van der Waals surface area contributed by atoms with Crippen LogP contribution in [0.3, 0.4) is 0 Å². The highest BCUT2D eigenvalue weighted by Gasteiger charge is 2.14. The molecule has 19 heavy (non-hydrogen) atoms. The molecule has 2 aromatic rings. The molecule has 0 bridgehead atoms. The van der Waals surface area contributed by atoms with Crippen molar-refractivity contribution < 1.29 is 9.26 Å². The van der Waals surface area contributed by atoms with Gasteiger partial charge in [0.1, 0.15) is 0 Å². The number of benzene rings is 1. The van der Waals surface area contributed by atoms with Crippen LogP contribution in [0.15, 0.2) is 16.7 Å². The van der Waals surface area contributed by atoms with E-state index < -0.39 is 0 Å². The van der Waals surface area contributed by atoms with E-state index in [1.54, 1.807) is 12.1 Å². The standard InChI is InChI=1S/C12H13Cl2N3O2/c1-2-18-4-3-10-16-12(19-17-10)8-5-7(13)6-9(14)11(8)15/h5-6H,2-4,15H2,1H3. The topological polar surface area (TPSA) is 74.2 Å². The molecule has 0 saturated carbocycles. The number of halogens is 2. The maximum Gasteiger partial charge on any atom is 0.260 e. The van der Waals surface area contributed by atoms with Gasteiger partial charge in [-0.25, -0.2) is 0 Å². The van der Waals surface area contributed by atoms with E-state index in [0.29, 0.717) is 52.6 Å². The predicted octanol–water partition coefficient (Wildman–Crippen LogP) is 3.20. The van der Waals surface area contributed by atoms with Gasteiger partial charge in [0.05, 0.1) is 22.9 Å². The van der Waals surface area contributed by atoms with Crippen LogP contribution in [0.4, 0.5) is 5.69 Å². The first-order valence-corrected chi connectivity index (χ1v) is 6.52. The molecule has 0 spiro atoms. The summed E-state index contributed by atoms with van der Waals surface area (Å²) in [5, 5.41) is 4.68. The van der Waals surface area contributed by atoms with E-state index in [9.17, 15) is 0 Å². The van der Waals surface area contributed by atoms with Gasteiger partial charge in [-0.1, -0.05) is 28.4 Å². The zero-order valence-electron chi connectivity index (χ0n) is 10.3. The van der Waals surface area contributed by atoms with Crippen molar-refractivity contribution in [2.24, 2.45) is 0 Å². The third-order valence-electron chi connectivity index (χ3n) is 2.47. The molecule has 7 heteroatoms. The fourth-order valence-electron chi connectivity index (χ4n) is 1.53. The number of nitrogens with two attached hydrogens (primary N) is 1. The molecular weight excluding hydrogens is 289 g/mol. The van der Waals surface area contributed by atoms with E-state index in [2.05, 4.69) is 10.1 Å². The second kappa shape index (κ2) is 6.23. The monoisotopic (exact) mass is 301 g/mol. The summed E-state index contributed by atoms with van der Waals surface area (Å²) in [6.07, 6.45) is 0.575. The molecule has 0 atom stereocenters. The Morgan fingerprint density at radius 2 is 2.16 bits per heavy atom. The van der Waals surface area contributed by atoms with Gasteiger partial charge in [0.15, 0.2) is 5.82 Å². The van der Waals surface area contributed by atoms with Gasteiger partial charge < -0.3 is 15.0 Å². The fourth-order valence-corrected chi connectivity index (χ4v) is 2.03. The largest absolute Gasteiger partial charge is 0.397 e. The van der Waals surface area contributed by atoms with E-state index in [1.165, 1.54) is 0 Å². The van der Waals surface area contributed by atoms with Crippen molar-refractivity contribution >= 4 is 28.9 Å². The lowest BCUT2D eigenvalue weighted by Crippen LogP contribution is -1.99. The quantitative estimate of drug-likeness (QED) is 0.678. The van der Waals surface area contributed by atoms with Gasteiger partial charge in [-0.15, -0.1) is 0 Å². The van der Waals surface area contributed by atoms with E-state index in [-0.39, 0.29) is 0 Å². The summed E-state index contributed by atoms with van der Waals surface area (Å²) in [6, 6.07) is 3.21. The highest BCUT2D eigenvalue weighted by Crippen LogP contribution is 2.33. The Labute approximate surface area is 120 Å². The zero-order valence-corrected chi connectivity index (χ0v) is 11.8. The maximum absolute atomic E-state index is 5.96. The van der Waals surface area contributed by atoms with Crippen LogP contribution in [0.1, 0.15) is 12.7 Å². The number of ether oxygens (including phenoxy) is 1. The van der Waals surface area contributed by atoms with Crippen LogP contribution in [0.25, 0.3) is 11.5 Å². The summed E-state index contributed by atoms with van der Waals surface area (Å²) in [4.78, 5) is 4.24. The number of nitrogens with zero attached hydrogens (tertiary/aromatic N) is 2. The lowest BCUT2D eigenvalue weighted by atomic mass is 10.2. The Balaban J connectivity index is 2.23. The Kier molecular flexibility index (Phi) is 4.63. The number of rotatable bonds is 5. The molecule has 0 aliphatic rings. The minimum atomic E-state index is 0.299. The van der Waals surface area contributed by atoms with Gasteiger partial charge in [-0.05, 0) is 19.1 Å². The van der Waals surface area contributed by atoms with Gasteiger partial charge >= 0.3 is 0 Å². The Hall–Kier alpha value is -1.30. The normalized spacial score (nSPS) is 10.9. The molecule has 102 valence electrons. The van der Waals surface area contributed by atoms with Gasteiger partial charge in [0, 0.05) is 18.1 Å². The number of nitrogen functional groups attached to an aromatic ring is 1. The van der Waals surface area contributed by atoms with Crippen molar-refractivity contribution in [1.29, 1.82) is 0 Å². The van der Waals surface area contributed by atoms with Crippen LogP contribution in [0.2, 0.25) is 10.0 Å². The van der Waals surface area contributed by atoms with Crippen LogP contribution in [-0.2, 0) is 11.2 Å². The highest BCUT2D eigenvalue weighted by atomic mass is 35.5. The van der Waals surface area contributed by atoms with Crippen molar-refractivity contribution in [1.82, 2.24) is 10.1 Å². The summed E-state index contributed by atoms with van der Waals surface area (Å²) in [7, 11) is 0. The fraction of sp³-hybridized carbons (Fsp3) is 0.333. The van der Waals surface area contributed by atoms with Gasteiger partial charge in [-0.3, -0.25) is 0 Å². The van der Waals surface area contributed by atoms with Crippen molar-refractivity contribution in [3.05, 3.63) is 28.0 Å². The number of hydrogen-bond acceptors (Lipinski definition) is 5. The molecule has 0 radical (unpaired) electrons. The van der Waals surface area contributed by atoms with Gasteiger partial charge in [0.2, 0.25) is 0 Å². The molecule has 2 N–H and O–H groups in total. The van der Waals surface area contributed by atoms with Crippen molar-refractivity contribution in [2.45, 2.75) is 13.3 Å². The summed E-state index contributed by atoms with van der Waals surface area (Å²) in [6.45, 7) is 3.12. The molecule has 2 rings (SSSR count). The predicted molar refractivity (Wildman–Crippen MR) is 74.4 cm³/mol. The van der Waals surface area contributed by atoms with Crippen molar-refractivity contribution in [3.63, 3.8) is 0 Å². The Bertz CT molecular complexity index is 572. The first kappa shape index (κ1) is 14.1. The summed E-state index contributed by atoms with van der Waals surface area (Å²) in [5.41, 5.74) is 6.77. The molecule has 0 amide bonds. The smallest absolute Gasteiger partial charge is 0.260 e. The van der Waals surface area contributed by atoms with Crippen molar-refractivity contribution in [2.75, 3.05) is 18.9 Å². The highest BCUT2D eigenvalue weighted by molar-refractivity contribution is 6.37. The molecule has 1 aromatic carbocycles. The molecular formula is C12H13Cl2N3O2. The summed E-state index contributed by atoms with van der Waals surface area (Å²) < 4.78 is 10.4. The van der Waals surface area contributed by atoms with Crippen LogP contribution >= 0.6 is 23.2 Å². The molecule has 0 aliphatic heterocycles. The van der Waals surface area contributed by atoms with Gasteiger partial charge in [0.25, 0.3) is 5.89 Å². The van der Waals surface area contributed by atoms with Crippen LogP contribution < -0.4 is 5.73 Å². The summed E-state index contributed by atoms with van der Waals surface area (Å²) >= 11 is 11.9. The third-order valence-corrected chi connectivity index (χ3v) is 3.00. The van der Waals surface area contributed by atoms with Crippen LogP contribution in [0, 0.1) is 0 Å². The number of anilines is 1. The first-order chi connectivity index (χ1) is 9.11. The Morgan fingerprint density at radius 1 is 1.37 bits per heavy atom. The number of aromatic nitrogens is 2. The zero-order chi connectivity index (χ0) is 13.8. The average molecular weight is 302 g/mol. The van der Waals surface area contributed by atoms with E-state index in [1.807, 2.05) is 6.92 Å². The minimum Gasteiger partial charge on any atom is -0.397 e. The second-order valence-electron chi connectivity index (χ2n) is 3.81. The van der Waals surface area contributed by atoms with E-state index >= 15 is 0 Å². The van der Waals surface area contributed by atoms with Crippen LogP contribution in [0.5, 0.6) is 0 Å². The SMILES string of the molecule is CCOCCc1noc(-c2cc(Cl)cc(Cl)c2N)n1. The lowest BCUT2D eigenvalue weighted by molar-refractivity contribution is 0.149. The molecule has 0 fully saturated rings. The summed E-state index contributed by atoms with van der Waals surface area (Å²) in [5.74, 6) is 0.854. The first-order valence-electron chi connectivity index (χ1n) is 5.77. The molecule has 1 heterocycles. The third kappa shape index (κ3) is 3.37. The lowest BCUT2D eigenvalue weighted by Gasteiger charge is -2.03. The van der Waals surface area contributed by atoms with Crippen molar-refractivity contribution in [3.8, 4) is 11.5 Å². The van der Waals surface area contributed by atoms with Crippen LogP contribution in [-0.4, -0.2) is 23.4 Å². The average Bonchev–Trinajstić information content (AvgIpc) is 2.83. The molecule has 5 nitrogen and oxygen atoms in total. The Morgan fingerprint density at radius 3 is 2.89 bits per heavy atom. The molecule has 1 aromatic heterocycles. The van der Waals surface area contributed by atoms with E-state index in [0.717, 1.165) is 0 Å². The second-order valence-corrected chi connectivity index (χ2v) is 4.66. The number of hydrogen-bond donors (Lipinski definition) is 1. The van der Waals surface area contributed by atoms with E-state index in [4.69, 9.17) is 38.2 Å². The van der Waals surface area contributed by atoms with Gasteiger partial charge in [-0.2, -0.15) is 4.98 Å². The maximum atomic E-state index is 5.96. The molecule has 0 saturated heterocycles. The molecule has 0 aliphatic carbocycles.